The van der Waals surface area contributed by atoms with Crippen LogP contribution < -0.4 is 4.90 Å². The highest BCUT2D eigenvalue weighted by Crippen LogP contribution is 2.61. The van der Waals surface area contributed by atoms with Gasteiger partial charge in [0.15, 0.2) is 5.60 Å². The van der Waals surface area contributed by atoms with Crippen LogP contribution in [0.1, 0.15) is 18.9 Å². The molecule has 1 fully saturated rings. The first-order chi connectivity index (χ1) is 13.7. The van der Waals surface area contributed by atoms with E-state index in [1.807, 2.05) is 43.3 Å². The maximum atomic E-state index is 15.4. The van der Waals surface area contributed by atoms with Gasteiger partial charge in [0.1, 0.15) is 0 Å². The van der Waals surface area contributed by atoms with Gasteiger partial charge in [-0.25, -0.2) is 0 Å². The normalized spacial score (nSPS) is 29.0. The summed E-state index contributed by atoms with van der Waals surface area (Å²) in [5.74, 6) is -0.610. The Bertz CT molecular complexity index is 935. The monoisotopic (exact) mass is 433 g/mol. The number of anilines is 2. The first-order valence-electron chi connectivity index (χ1n) is 9.89. The van der Waals surface area contributed by atoms with E-state index in [1.54, 1.807) is 30.1 Å². The van der Waals surface area contributed by atoms with Crippen molar-refractivity contribution in [1.29, 1.82) is 0 Å². The fourth-order valence-electron chi connectivity index (χ4n) is 5.18. The highest BCUT2D eigenvalue weighted by atomic mass is 35.5. The van der Waals surface area contributed by atoms with Crippen LogP contribution >= 0.6 is 11.6 Å². The Labute approximate surface area is 176 Å². The van der Waals surface area contributed by atoms with Gasteiger partial charge in [0, 0.05) is 34.3 Å². The second-order valence-electron chi connectivity index (χ2n) is 8.42. The average molecular weight is 434 g/mol. The number of rotatable bonds is 4. The molecule has 4 rings (SSSR count). The second kappa shape index (κ2) is 7.20. The molecule has 2 aliphatic heterocycles. The zero-order chi connectivity index (χ0) is 21.0. The molecule has 0 aliphatic carbocycles. The number of hydrogen-bond acceptors (Lipinski definition) is 3. The third-order valence-corrected chi connectivity index (χ3v) is 8.95. The molecule has 154 valence electrons. The standard InChI is InChI=1S/C22H25ClFNO3Si/c1-14-20(29(2,3)24)19(11-12-26)28-22(14)17-13-15(23)9-10-18(17)25(21(22)27)16-7-5-4-6-8-16/h4-10,13-14,19-20,26H,11-12H2,1-3H3/t14-,19+,20-,22+/m0/s1. The van der Waals surface area contributed by atoms with Crippen LogP contribution in [0.5, 0.6) is 0 Å². The zero-order valence-electron chi connectivity index (χ0n) is 16.7. The Morgan fingerprint density at radius 3 is 2.55 bits per heavy atom. The third kappa shape index (κ3) is 3.05. The Morgan fingerprint density at radius 1 is 1.24 bits per heavy atom. The number of aliphatic hydroxyl groups is 1. The molecule has 7 heteroatoms. The van der Waals surface area contributed by atoms with Gasteiger partial charge in [-0.2, -0.15) is 0 Å². The van der Waals surface area contributed by atoms with Crippen LogP contribution in [0.2, 0.25) is 23.7 Å². The van der Waals surface area contributed by atoms with E-state index in [1.165, 1.54) is 0 Å². The first kappa shape index (κ1) is 20.5. The highest BCUT2D eigenvalue weighted by Gasteiger charge is 2.66. The lowest BCUT2D eigenvalue weighted by Crippen LogP contribution is -2.44. The van der Waals surface area contributed by atoms with Crippen LogP contribution in [0, 0.1) is 5.92 Å². The number of amides is 1. The number of benzene rings is 2. The summed E-state index contributed by atoms with van der Waals surface area (Å²) < 4.78 is 21.8. The zero-order valence-corrected chi connectivity index (χ0v) is 18.5. The molecule has 1 saturated heterocycles. The minimum atomic E-state index is -3.19. The van der Waals surface area contributed by atoms with Gasteiger partial charge >= 0.3 is 0 Å². The Morgan fingerprint density at radius 2 is 1.93 bits per heavy atom. The van der Waals surface area contributed by atoms with Crippen LogP contribution in [0.3, 0.4) is 0 Å². The van der Waals surface area contributed by atoms with Crippen molar-refractivity contribution in [1.82, 2.24) is 0 Å². The fraction of sp³-hybridized carbons (Fsp3) is 0.409. The van der Waals surface area contributed by atoms with E-state index in [2.05, 4.69) is 0 Å². The Hall–Kier alpha value is -1.73. The van der Waals surface area contributed by atoms with Crippen molar-refractivity contribution < 1.29 is 18.7 Å². The lowest BCUT2D eigenvalue weighted by molar-refractivity contribution is -0.145. The third-order valence-electron chi connectivity index (χ3n) is 6.26. The molecule has 0 aromatic heterocycles. The number of hydrogen-bond donors (Lipinski definition) is 1. The van der Waals surface area contributed by atoms with Gasteiger partial charge in [-0.05, 0) is 49.8 Å². The number of fused-ring (bicyclic) bond motifs is 2. The predicted molar refractivity (Wildman–Crippen MR) is 115 cm³/mol. The van der Waals surface area contributed by atoms with Crippen LogP contribution in [0.15, 0.2) is 48.5 Å². The smallest absolute Gasteiger partial charge is 0.268 e. The molecule has 1 spiro atoms. The molecule has 2 heterocycles. The largest absolute Gasteiger partial charge is 0.396 e. The summed E-state index contributed by atoms with van der Waals surface area (Å²) in [4.78, 5) is 15.6. The molecule has 2 aromatic carbocycles. The van der Waals surface area contributed by atoms with Crippen LogP contribution in [0.25, 0.3) is 0 Å². The van der Waals surface area contributed by atoms with Gasteiger partial charge in [-0.3, -0.25) is 9.69 Å². The van der Waals surface area contributed by atoms with E-state index in [9.17, 15) is 9.90 Å². The minimum Gasteiger partial charge on any atom is -0.396 e. The van der Waals surface area contributed by atoms with E-state index >= 15 is 4.11 Å². The van der Waals surface area contributed by atoms with Crippen molar-refractivity contribution in [2.75, 3.05) is 11.5 Å². The molecule has 4 atom stereocenters. The predicted octanol–water partition coefficient (Wildman–Crippen LogP) is 5.18. The van der Waals surface area contributed by atoms with E-state index in [-0.39, 0.29) is 18.4 Å². The Balaban J connectivity index is 1.92. The topological polar surface area (TPSA) is 49.8 Å². The van der Waals surface area contributed by atoms with Crippen LogP contribution in [-0.2, 0) is 15.1 Å². The molecule has 4 nitrogen and oxygen atoms in total. The number of carbonyl (C=O) groups is 1. The summed E-state index contributed by atoms with van der Waals surface area (Å²) in [6.07, 6.45) is -0.223. The number of carbonyl (C=O) groups excluding carboxylic acids is 1. The van der Waals surface area contributed by atoms with Crippen molar-refractivity contribution in [3.63, 3.8) is 0 Å². The van der Waals surface area contributed by atoms with Crippen molar-refractivity contribution in [2.24, 2.45) is 5.92 Å². The SMILES string of the molecule is C[C@H]1[C@H]([Si](C)(C)F)[C@@H](CCO)O[C@]12C(=O)N(c1ccccc1)c1ccc(Cl)cc12. The van der Waals surface area contributed by atoms with E-state index < -0.39 is 25.7 Å². The number of ether oxygens (including phenoxy) is 1. The van der Waals surface area contributed by atoms with Crippen molar-refractivity contribution in [2.45, 2.75) is 43.7 Å². The summed E-state index contributed by atoms with van der Waals surface area (Å²) >= 11 is 6.31. The molecule has 2 aliphatic rings. The average Bonchev–Trinajstić information content (AvgIpc) is 3.09. The van der Waals surface area contributed by atoms with Gasteiger partial charge < -0.3 is 14.0 Å². The fourth-order valence-corrected chi connectivity index (χ4v) is 7.89. The van der Waals surface area contributed by atoms with E-state index in [0.717, 1.165) is 5.69 Å². The maximum Gasteiger partial charge on any atom is 0.268 e. The minimum absolute atomic E-state index is 0.118. The summed E-state index contributed by atoms with van der Waals surface area (Å²) in [6.45, 7) is 5.07. The van der Waals surface area contributed by atoms with Crippen LogP contribution in [-0.4, -0.2) is 32.1 Å². The molecule has 0 bridgehead atoms. The molecule has 0 saturated carbocycles. The van der Waals surface area contributed by atoms with Crippen LogP contribution in [0.4, 0.5) is 15.5 Å². The first-order valence-corrected chi connectivity index (χ1v) is 13.2. The van der Waals surface area contributed by atoms with E-state index in [0.29, 0.717) is 22.7 Å². The maximum absolute atomic E-state index is 15.4. The summed E-state index contributed by atoms with van der Waals surface area (Å²) in [6, 6.07) is 14.7. The lowest BCUT2D eigenvalue weighted by atomic mass is 9.82. The quantitative estimate of drug-likeness (QED) is 0.534. The van der Waals surface area contributed by atoms with Gasteiger partial charge in [0.25, 0.3) is 5.91 Å². The summed E-state index contributed by atoms with van der Waals surface area (Å²) in [7, 11) is -3.19. The lowest BCUT2D eigenvalue weighted by Gasteiger charge is -2.31. The van der Waals surface area contributed by atoms with Gasteiger partial charge in [0.2, 0.25) is 8.41 Å². The summed E-state index contributed by atoms with van der Waals surface area (Å²) in [5.41, 5.74) is 0.389. The molecular formula is C22H25ClFNO3Si. The molecule has 0 radical (unpaired) electrons. The number of aliphatic hydroxyl groups excluding tert-OH is 1. The molecule has 29 heavy (non-hydrogen) atoms. The number of para-hydroxylation sites is 1. The summed E-state index contributed by atoms with van der Waals surface area (Å²) in [5, 5.41) is 10.1. The molecule has 1 amide bonds. The molecule has 1 N–H and O–H groups in total. The van der Waals surface area contributed by atoms with Crippen molar-refractivity contribution >= 4 is 37.3 Å². The highest BCUT2D eigenvalue weighted by molar-refractivity contribution is 6.72. The number of halogens is 2. The van der Waals surface area contributed by atoms with Crippen molar-refractivity contribution in [3.8, 4) is 0 Å². The Kier molecular flexibility index (Phi) is 5.10. The molecule has 0 unspecified atom stereocenters. The second-order valence-corrected chi connectivity index (χ2v) is 12.7. The van der Waals surface area contributed by atoms with E-state index in [4.69, 9.17) is 16.3 Å². The molecule has 2 aromatic rings. The van der Waals surface area contributed by atoms with Gasteiger partial charge in [-0.1, -0.05) is 36.7 Å². The number of nitrogens with zero attached hydrogens (tertiary/aromatic N) is 1. The van der Waals surface area contributed by atoms with Gasteiger partial charge in [0.05, 0.1) is 11.8 Å². The molecular weight excluding hydrogens is 409 g/mol. The van der Waals surface area contributed by atoms with Crippen molar-refractivity contribution in [3.05, 3.63) is 59.1 Å². The van der Waals surface area contributed by atoms with Gasteiger partial charge in [-0.15, -0.1) is 0 Å².